The molecular weight excluding hydrogens is 248 g/mol. The molecule has 0 aliphatic rings. The summed E-state index contributed by atoms with van der Waals surface area (Å²) in [5.41, 5.74) is 5.62. The van der Waals surface area contributed by atoms with E-state index in [0.717, 1.165) is 0 Å². The number of aryl methyl sites for hydroxylation is 1. The van der Waals surface area contributed by atoms with Crippen molar-refractivity contribution in [2.24, 2.45) is 5.73 Å². The van der Waals surface area contributed by atoms with Crippen molar-refractivity contribution in [3.63, 3.8) is 0 Å². The molecule has 0 fully saturated rings. The van der Waals surface area contributed by atoms with Gasteiger partial charge in [-0.3, -0.25) is 14.6 Å². The number of amides is 1. The molecule has 2 aromatic heterocycles. The van der Waals surface area contributed by atoms with Crippen LogP contribution in [0.25, 0.3) is 0 Å². The highest BCUT2D eigenvalue weighted by molar-refractivity contribution is 6.09. The average Bonchev–Trinajstić information content (AvgIpc) is 2.79. The highest BCUT2D eigenvalue weighted by atomic mass is 16.2. The molecule has 2 heterocycles. The zero-order valence-electron chi connectivity index (χ0n) is 10.2. The Hall–Kier alpha value is -2.70. The van der Waals surface area contributed by atoms with Crippen LogP contribution in [-0.2, 0) is 6.42 Å². The summed E-state index contributed by atoms with van der Waals surface area (Å²) in [6.45, 7) is 1.82. The van der Waals surface area contributed by atoms with Gasteiger partial charge in [0.05, 0.1) is 0 Å². The number of hydrogen-bond donors (Lipinski definition) is 3. The molecule has 0 unspecified atom stereocenters. The highest BCUT2D eigenvalue weighted by Crippen LogP contribution is 2.11. The van der Waals surface area contributed by atoms with Gasteiger partial charge >= 0.3 is 5.69 Å². The third-order valence-corrected chi connectivity index (χ3v) is 2.66. The Morgan fingerprint density at radius 3 is 2.74 bits per heavy atom. The molecule has 0 atom stereocenters. The van der Waals surface area contributed by atoms with E-state index in [1.54, 1.807) is 0 Å². The number of nitrogens with one attached hydrogen (secondary N) is 2. The van der Waals surface area contributed by atoms with Gasteiger partial charge in [0.2, 0.25) is 5.78 Å². The van der Waals surface area contributed by atoms with Crippen molar-refractivity contribution >= 4 is 11.7 Å². The van der Waals surface area contributed by atoms with Gasteiger partial charge in [-0.25, -0.2) is 4.79 Å². The Labute approximate surface area is 107 Å². The van der Waals surface area contributed by atoms with Gasteiger partial charge < -0.3 is 15.7 Å². The molecule has 4 N–H and O–H groups in total. The maximum atomic E-state index is 12.2. The summed E-state index contributed by atoms with van der Waals surface area (Å²) < 4.78 is 0. The van der Waals surface area contributed by atoms with Crippen LogP contribution >= 0.6 is 0 Å². The van der Waals surface area contributed by atoms with Crippen LogP contribution in [0.3, 0.4) is 0 Å². The number of ketones is 1. The van der Waals surface area contributed by atoms with E-state index in [4.69, 9.17) is 5.73 Å². The highest BCUT2D eigenvalue weighted by Gasteiger charge is 2.17. The van der Waals surface area contributed by atoms with Crippen LogP contribution in [0.15, 0.2) is 23.1 Å². The molecule has 0 aliphatic carbocycles. The molecule has 19 heavy (non-hydrogen) atoms. The van der Waals surface area contributed by atoms with Gasteiger partial charge in [-0.2, -0.15) is 0 Å². The van der Waals surface area contributed by atoms with Gasteiger partial charge in [0.1, 0.15) is 11.4 Å². The van der Waals surface area contributed by atoms with Crippen molar-refractivity contribution in [1.82, 2.24) is 15.0 Å². The molecule has 2 rings (SSSR count). The quantitative estimate of drug-likeness (QED) is 0.669. The summed E-state index contributed by atoms with van der Waals surface area (Å²) in [4.78, 5) is 43.2. The second-order valence-electron chi connectivity index (χ2n) is 3.91. The summed E-state index contributed by atoms with van der Waals surface area (Å²) in [6, 6.07) is 2.76. The number of H-pyrrole nitrogens is 2. The number of carbonyl (C=O) groups is 2. The fourth-order valence-electron chi connectivity index (χ4n) is 1.73. The minimum Gasteiger partial charge on any atom is -0.364 e. The van der Waals surface area contributed by atoms with Crippen LogP contribution in [0.1, 0.15) is 39.2 Å². The van der Waals surface area contributed by atoms with E-state index in [1.165, 1.54) is 18.3 Å². The normalized spacial score (nSPS) is 10.4. The fraction of sp³-hybridized carbons (Fsp3) is 0.167. The first-order valence-electron chi connectivity index (χ1n) is 5.64. The number of nitrogens with two attached hydrogens (primary N) is 1. The summed E-state index contributed by atoms with van der Waals surface area (Å²) in [5, 5.41) is 0. The second kappa shape index (κ2) is 4.89. The van der Waals surface area contributed by atoms with E-state index in [2.05, 4.69) is 15.0 Å². The van der Waals surface area contributed by atoms with Crippen molar-refractivity contribution in [3.8, 4) is 0 Å². The Balaban J connectivity index is 2.46. The lowest BCUT2D eigenvalue weighted by Crippen LogP contribution is -2.15. The molecule has 0 spiro atoms. The topological polar surface area (TPSA) is 122 Å². The largest absolute Gasteiger partial charge is 0.364 e. The zero-order chi connectivity index (χ0) is 14.0. The summed E-state index contributed by atoms with van der Waals surface area (Å²) in [7, 11) is 0. The zero-order valence-corrected chi connectivity index (χ0v) is 10.2. The van der Waals surface area contributed by atoms with Gasteiger partial charge in [0, 0.05) is 17.5 Å². The van der Waals surface area contributed by atoms with E-state index in [-0.39, 0.29) is 22.7 Å². The first kappa shape index (κ1) is 12.7. The predicted molar refractivity (Wildman–Crippen MR) is 67.0 cm³/mol. The van der Waals surface area contributed by atoms with Crippen molar-refractivity contribution in [3.05, 3.63) is 51.5 Å². The van der Waals surface area contributed by atoms with Crippen LogP contribution in [0.4, 0.5) is 0 Å². The average molecular weight is 260 g/mol. The van der Waals surface area contributed by atoms with E-state index >= 15 is 0 Å². The first-order chi connectivity index (χ1) is 9.02. The summed E-state index contributed by atoms with van der Waals surface area (Å²) in [6.07, 6.45) is 1.83. The molecule has 7 nitrogen and oxygen atoms in total. The molecule has 2 aromatic rings. The standard InChI is InChI=1S/C12H12N4O3/c1-2-7-9(16-12(19)15-7)10(17)6-3-4-14-8(5-6)11(13)18/h3-5H,2H2,1H3,(H2,13,18)(H2,15,16,19). The maximum Gasteiger partial charge on any atom is 0.323 e. The number of rotatable bonds is 4. The van der Waals surface area contributed by atoms with Crippen LogP contribution in [0.5, 0.6) is 0 Å². The minimum atomic E-state index is -0.715. The van der Waals surface area contributed by atoms with Crippen molar-refractivity contribution in [2.45, 2.75) is 13.3 Å². The Bertz CT molecular complexity index is 699. The Kier molecular flexibility index (Phi) is 3.28. The number of nitrogens with zero attached hydrogens (tertiary/aromatic N) is 1. The van der Waals surface area contributed by atoms with Gasteiger partial charge in [0.15, 0.2) is 0 Å². The van der Waals surface area contributed by atoms with Crippen molar-refractivity contribution in [2.75, 3.05) is 0 Å². The third kappa shape index (κ3) is 2.44. The van der Waals surface area contributed by atoms with E-state index in [1.807, 2.05) is 6.92 Å². The first-order valence-corrected chi connectivity index (χ1v) is 5.64. The number of aromatic amines is 2. The molecule has 0 saturated carbocycles. The van der Waals surface area contributed by atoms with Gasteiger partial charge in [-0.05, 0) is 18.6 Å². The number of imidazole rings is 1. The maximum absolute atomic E-state index is 12.2. The van der Waals surface area contributed by atoms with Crippen LogP contribution in [0.2, 0.25) is 0 Å². The number of aromatic nitrogens is 3. The second-order valence-corrected chi connectivity index (χ2v) is 3.91. The third-order valence-electron chi connectivity index (χ3n) is 2.66. The summed E-state index contributed by atoms with van der Waals surface area (Å²) in [5.74, 6) is -1.10. The molecule has 0 aliphatic heterocycles. The van der Waals surface area contributed by atoms with E-state index in [9.17, 15) is 14.4 Å². The van der Waals surface area contributed by atoms with E-state index < -0.39 is 11.6 Å². The lowest BCUT2D eigenvalue weighted by atomic mass is 10.1. The Morgan fingerprint density at radius 1 is 1.37 bits per heavy atom. The van der Waals surface area contributed by atoms with Gasteiger partial charge in [-0.1, -0.05) is 6.92 Å². The van der Waals surface area contributed by atoms with Crippen molar-refractivity contribution in [1.29, 1.82) is 0 Å². The van der Waals surface area contributed by atoms with Crippen LogP contribution in [-0.4, -0.2) is 26.6 Å². The minimum absolute atomic E-state index is 0.00165. The van der Waals surface area contributed by atoms with Crippen LogP contribution in [0, 0.1) is 0 Å². The monoisotopic (exact) mass is 260 g/mol. The number of pyridine rings is 1. The predicted octanol–water partition coefficient (Wildman–Crippen LogP) is -0.00970. The fourth-order valence-corrected chi connectivity index (χ4v) is 1.73. The molecule has 0 saturated heterocycles. The molecule has 7 heteroatoms. The van der Waals surface area contributed by atoms with Gasteiger partial charge in [-0.15, -0.1) is 0 Å². The summed E-state index contributed by atoms with van der Waals surface area (Å²) >= 11 is 0. The molecule has 0 aromatic carbocycles. The molecule has 0 bridgehead atoms. The molecule has 1 amide bonds. The van der Waals surface area contributed by atoms with Gasteiger partial charge in [0.25, 0.3) is 5.91 Å². The number of carbonyl (C=O) groups excluding carboxylic acids is 2. The van der Waals surface area contributed by atoms with Crippen LogP contribution < -0.4 is 11.4 Å². The molecule has 98 valence electrons. The molecular formula is C12H12N4O3. The number of hydrogen-bond acceptors (Lipinski definition) is 4. The SMILES string of the molecule is CCc1[nH]c(=O)[nH]c1C(=O)c1ccnc(C(N)=O)c1. The Morgan fingerprint density at radius 2 is 2.11 bits per heavy atom. The molecule has 0 radical (unpaired) electrons. The van der Waals surface area contributed by atoms with E-state index in [0.29, 0.717) is 12.1 Å². The smallest absolute Gasteiger partial charge is 0.323 e. The lowest BCUT2D eigenvalue weighted by molar-refractivity contribution is 0.0995. The van der Waals surface area contributed by atoms with Crippen molar-refractivity contribution < 1.29 is 9.59 Å². The lowest BCUT2D eigenvalue weighted by Gasteiger charge is -2.02. The number of primary amides is 1.